The number of hydrogen-bond donors (Lipinski definition) is 0. The highest BCUT2D eigenvalue weighted by Crippen LogP contribution is 2.30. The largest absolute Gasteiger partial charge is 0.0990 e. The van der Waals surface area contributed by atoms with E-state index >= 15 is 0 Å². The predicted octanol–water partition coefficient (Wildman–Crippen LogP) is 2.97. The molecular weight excluding hydrogens is 192 g/mol. The Balaban J connectivity index is 2.87. The third-order valence-electron chi connectivity index (χ3n) is 3.36. The summed E-state index contributed by atoms with van der Waals surface area (Å²) in [6, 6.07) is 4.29. The Kier molecular flexibility index (Phi) is 2.82. The molecular formula is C16H18. The number of allylic oxidation sites excluding steroid dienone is 3. The van der Waals surface area contributed by atoms with E-state index in [0.29, 0.717) is 5.92 Å². The molecule has 2 rings (SSSR count). The van der Waals surface area contributed by atoms with Gasteiger partial charge in [0, 0.05) is 0 Å². The zero-order chi connectivity index (χ0) is 11.7. The van der Waals surface area contributed by atoms with Crippen LogP contribution >= 0.6 is 0 Å². The first-order valence-corrected chi connectivity index (χ1v) is 5.77. The van der Waals surface area contributed by atoms with Gasteiger partial charge in [0.25, 0.3) is 0 Å². The summed E-state index contributed by atoms with van der Waals surface area (Å²) in [5.41, 5.74) is 4.19. The van der Waals surface area contributed by atoms with E-state index < -0.39 is 0 Å². The molecule has 0 heteroatoms. The van der Waals surface area contributed by atoms with E-state index in [1.54, 1.807) is 0 Å². The summed E-state index contributed by atoms with van der Waals surface area (Å²) in [5, 5.41) is 2.35. The molecule has 1 aromatic carbocycles. The maximum absolute atomic E-state index is 4.11. The molecule has 1 aliphatic rings. The molecule has 0 aliphatic heterocycles. The monoisotopic (exact) mass is 210 g/mol. The van der Waals surface area contributed by atoms with Crippen molar-refractivity contribution >= 4 is 18.2 Å². The maximum atomic E-state index is 4.11. The van der Waals surface area contributed by atoms with Gasteiger partial charge in [-0.15, -0.1) is 0 Å². The smallest absolute Gasteiger partial charge is 0.0143 e. The third kappa shape index (κ3) is 1.65. The first-order chi connectivity index (χ1) is 7.65. The SMILES string of the molecule is C=C/C=c1/c2c(ccc1=C)C(C)=CCC2C. The summed E-state index contributed by atoms with van der Waals surface area (Å²) in [5.74, 6) is 0.576. The lowest BCUT2D eigenvalue weighted by Crippen LogP contribution is -2.30. The van der Waals surface area contributed by atoms with Gasteiger partial charge in [0.15, 0.2) is 0 Å². The van der Waals surface area contributed by atoms with Crippen LogP contribution in [0.25, 0.3) is 18.2 Å². The Morgan fingerprint density at radius 3 is 2.81 bits per heavy atom. The molecule has 0 saturated heterocycles. The van der Waals surface area contributed by atoms with Gasteiger partial charge in [0.05, 0.1) is 0 Å². The summed E-state index contributed by atoms with van der Waals surface area (Å²) >= 11 is 0. The van der Waals surface area contributed by atoms with Crippen molar-refractivity contribution in [1.29, 1.82) is 0 Å². The van der Waals surface area contributed by atoms with Crippen LogP contribution in [0, 0.1) is 0 Å². The Hall–Kier alpha value is -1.56. The van der Waals surface area contributed by atoms with Crippen LogP contribution in [-0.2, 0) is 0 Å². The van der Waals surface area contributed by atoms with Crippen LogP contribution < -0.4 is 10.4 Å². The highest BCUT2D eigenvalue weighted by atomic mass is 14.2. The molecule has 1 unspecified atom stereocenters. The van der Waals surface area contributed by atoms with Crippen molar-refractivity contribution < 1.29 is 0 Å². The average molecular weight is 210 g/mol. The van der Waals surface area contributed by atoms with Crippen molar-refractivity contribution in [1.82, 2.24) is 0 Å². The van der Waals surface area contributed by atoms with Gasteiger partial charge in [-0.3, -0.25) is 0 Å². The molecule has 1 aromatic rings. The highest BCUT2D eigenvalue weighted by molar-refractivity contribution is 5.70. The molecule has 0 bridgehead atoms. The van der Waals surface area contributed by atoms with E-state index in [1.165, 1.54) is 21.9 Å². The van der Waals surface area contributed by atoms with Crippen molar-refractivity contribution in [2.24, 2.45) is 0 Å². The van der Waals surface area contributed by atoms with Gasteiger partial charge in [-0.2, -0.15) is 0 Å². The van der Waals surface area contributed by atoms with Crippen molar-refractivity contribution in [3.05, 3.63) is 52.4 Å². The molecule has 0 heterocycles. The van der Waals surface area contributed by atoms with Crippen LogP contribution in [0.1, 0.15) is 37.3 Å². The van der Waals surface area contributed by atoms with Crippen LogP contribution in [0.5, 0.6) is 0 Å². The molecule has 82 valence electrons. The second-order valence-electron chi connectivity index (χ2n) is 4.53. The maximum Gasteiger partial charge on any atom is -0.0143 e. The second-order valence-corrected chi connectivity index (χ2v) is 4.53. The van der Waals surface area contributed by atoms with Crippen LogP contribution in [-0.4, -0.2) is 0 Å². The van der Waals surface area contributed by atoms with E-state index in [9.17, 15) is 0 Å². The van der Waals surface area contributed by atoms with Crippen LogP contribution in [0.4, 0.5) is 0 Å². The normalized spacial score (nSPS) is 20.2. The summed E-state index contributed by atoms with van der Waals surface area (Å²) in [6.07, 6.45) is 7.38. The lowest BCUT2D eigenvalue weighted by atomic mass is 9.83. The fraction of sp³-hybridized carbons (Fsp3) is 0.250. The quantitative estimate of drug-likeness (QED) is 0.668. The minimum atomic E-state index is 0.576. The first kappa shape index (κ1) is 10.9. The zero-order valence-corrected chi connectivity index (χ0v) is 10.1. The summed E-state index contributed by atoms with van der Waals surface area (Å²) < 4.78 is 0. The average Bonchev–Trinajstić information content (AvgIpc) is 2.27. The van der Waals surface area contributed by atoms with Gasteiger partial charge in [0.2, 0.25) is 0 Å². The van der Waals surface area contributed by atoms with Crippen LogP contribution in [0.3, 0.4) is 0 Å². The predicted molar refractivity (Wildman–Crippen MR) is 72.6 cm³/mol. The Bertz CT molecular complexity index is 558. The van der Waals surface area contributed by atoms with Gasteiger partial charge in [0.1, 0.15) is 0 Å². The number of fused-ring (bicyclic) bond motifs is 1. The van der Waals surface area contributed by atoms with Gasteiger partial charge in [-0.1, -0.05) is 50.4 Å². The van der Waals surface area contributed by atoms with Crippen molar-refractivity contribution in [3.8, 4) is 0 Å². The molecule has 0 radical (unpaired) electrons. The Morgan fingerprint density at radius 2 is 2.12 bits per heavy atom. The molecule has 0 saturated carbocycles. The van der Waals surface area contributed by atoms with Gasteiger partial charge in [-0.25, -0.2) is 0 Å². The summed E-state index contributed by atoms with van der Waals surface area (Å²) in [6.45, 7) is 12.4. The topological polar surface area (TPSA) is 0 Å². The first-order valence-electron chi connectivity index (χ1n) is 5.77. The van der Waals surface area contributed by atoms with Gasteiger partial charge in [-0.05, 0) is 46.4 Å². The summed E-state index contributed by atoms with van der Waals surface area (Å²) in [7, 11) is 0. The number of benzene rings is 1. The van der Waals surface area contributed by atoms with E-state index in [1.807, 2.05) is 6.08 Å². The molecule has 0 nitrogen and oxygen atoms in total. The number of rotatable bonds is 1. The third-order valence-corrected chi connectivity index (χ3v) is 3.36. The van der Waals surface area contributed by atoms with Gasteiger partial charge >= 0.3 is 0 Å². The molecule has 0 fully saturated rings. The van der Waals surface area contributed by atoms with E-state index in [-0.39, 0.29) is 0 Å². The molecule has 16 heavy (non-hydrogen) atoms. The standard InChI is InChI=1S/C16H18/c1-5-6-14-12(3)9-10-15-11(2)7-8-13(4)16(14)15/h5-7,9-10,13H,1,3,8H2,2,4H3/b14-6+. The van der Waals surface area contributed by atoms with Crippen molar-refractivity contribution in [2.45, 2.75) is 26.2 Å². The van der Waals surface area contributed by atoms with Crippen molar-refractivity contribution in [2.75, 3.05) is 0 Å². The van der Waals surface area contributed by atoms with E-state index in [0.717, 1.165) is 11.6 Å². The fourth-order valence-corrected chi connectivity index (χ4v) is 2.45. The highest BCUT2D eigenvalue weighted by Gasteiger charge is 2.16. The molecule has 1 aliphatic carbocycles. The molecule has 0 amide bonds. The molecule has 0 N–H and O–H groups in total. The van der Waals surface area contributed by atoms with Crippen molar-refractivity contribution in [3.63, 3.8) is 0 Å². The van der Waals surface area contributed by atoms with E-state index in [2.05, 4.69) is 51.3 Å². The minimum absolute atomic E-state index is 0.576. The number of hydrogen-bond acceptors (Lipinski definition) is 0. The van der Waals surface area contributed by atoms with Gasteiger partial charge < -0.3 is 0 Å². The van der Waals surface area contributed by atoms with E-state index in [4.69, 9.17) is 0 Å². The fourth-order valence-electron chi connectivity index (χ4n) is 2.45. The minimum Gasteiger partial charge on any atom is -0.0990 e. The molecule has 0 aromatic heterocycles. The summed E-state index contributed by atoms with van der Waals surface area (Å²) in [4.78, 5) is 0. The Morgan fingerprint density at radius 1 is 1.38 bits per heavy atom. The Labute approximate surface area is 97.3 Å². The second kappa shape index (κ2) is 4.13. The lowest BCUT2D eigenvalue weighted by molar-refractivity contribution is 0.760. The molecule has 1 atom stereocenters. The zero-order valence-electron chi connectivity index (χ0n) is 10.1. The molecule has 0 spiro atoms. The van der Waals surface area contributed by atoms with Crippen LogP contribution in [0.2, 0.25) is 0 Å². The lowest BCUT2D eigenvalue weighted by Gasteiger charge is -2.22. The van der Waals surface area contributed by atoms with Crippen LogP contribution in [0.15, 0.2) is 30.9 Å².